The van der Waals surface area contributed by atoms with Gasteiger partial charge < -0.3 is 5.73 Å². The van der Waals surface area contributed by atoms with E-state index in [0.717, 1.165) is 19.6 Å². The monoisotopic (exact) mass is 282 g/mol. The Hall–Kier alpha value is -1.64. The van der Waals surface area contributed by atoms with Gasteiger partial charge >= 0.3 is 0 Å². The Morgan fingerprint density at radius 3 is 2.14 bits per heavy atom. The molecule has 0 radical (unpaired) electrons. The van der Waals surface area contributed by atoms with Crippen molar-refractivity contribution >= 4 is 0 Å². The molecule has 0 aliphatic carbocycles. The Kier molecular flexibility index (Phi) is 5.54. The second-order valence-electron chi connectivity index (χ2n) is 5.69. The maximum absolute atomic E-state index is 5.70. The van der Waals surface area contributed by atoms with Gasteiger partial charge in [-0.25, -0.2) is 0 Å². The van der Waals surface area contributed by atoms with Gasteiger partial charge in [-0.1, -0.05) is 49.4 Å². The minimum Gasteiger partial charge on any atom is -0.326 e. The topological polar surface area (TPSA) is 29.3 Å². The summed E-state index contributed by atoms with van der Waals surface area (Å²) in [6.07, 6.45) is 0. The third-order valence-corrected chi connectivity index (χ3v) is 4.14. The average Bonchev–Trinajstić information content (AvgIpc) is 2.50. The van der Waals surface area contributed by atoms with Crippen LogP contribution in [0.5, 0.6) is 0 Å². The molecule has 0 saturated carbocycles. The van der Waals surface area contributed by atoms with Crippen molar-refractivity contribution in [1.82, 2.24) is 4.90 Å². The summed E-state index contributed by atoms with van der Waals surface area (Å²) in [7, 11) is 0. The first-order valence-corrected chi connectivity index (χ1v) is 7.69. The van der Waals surface area contributed by atoms with Gasteiger partial charge in [-0.15, -0.1) is 0 Å². The van der Waals surface area contributed by atoms with Gasteiger partial charge in [0.25, 0.3) is 0 Å². The van der Waals surface area contributed by atoms with Crippen molar-refractivity contribution in [2.75, 3.05) is 6.54 Å². The van der Waals surface area contributed by atoms with Gasteiger partial charge in [-0.05, 0) is 48.2 Å². The maximum Gasteiger partial charge on any atom is 0.0239 e. The standard InChI is InChI=1S/C19H26N2/c1-4-21(13-18-8-6-5-7-15(18)2)14-19-10-9-17(12-20)11-16(19)3/h5-11H,4,12-14,20H2,1-3H3. The van der Waals surface area contributed by atoms with Crippen LogP contribution in [-0.2, 0) is 19.6 Å². The van der Waals surface area contributed by atoms with E-state index < -0.39 is 0 Å². The van der Waals surface area contributed by atoms with Gasteiger partial charge in [-0.3, -0.25) is 4.90 Å². The van der Waals surface area contributed by atoms with Gasteiger partial charge in [0, 0.05) is 19.6 Å². The molecule has 0 heterocycles. The highest BCUT2D eigenvalue weighted by Gasteiger charge is 2.08. The van der Waals surface area contributed by atoms with E-state index in [1.807, 2.05) is 0 Å². The van der Waals surface area contributed by atoms with Crippen molar-refractivity contribution < 1.29 is 0 Å². The van der Waals surface area contributed by atoms with Gasteiger partial charge in [-0.2, -0.15) is 0 Å². The fourth-order valence-electron chi connectivity index (χ4n) is 2.61. The summed E-state index contributed by atoms with van der Waals surface area (Å²) in [5.41, 5.74) is 12.4. The molecular weight excluding hydrogens is 256 g/mol. The molecule has 2 nitrogen and oxygen atoms in total. The van der Waals surface area contributed by atoms with Crippen LogP contribution in [0, 0.1) is 13.8 Å². The molecule has 21 heavy (non-hydrogen) atoms. The van der Waals surface area contributed by atoms with Crippen LogP contribution in [0.1, 0.15) is 34.7 Å². The van der Waals surface area contributed by atoms with Crippen molar-refractivity contribution in [2.45, 2.75) is 40.4 Å². The number of aryl methyl sites for hydroxylation is 2. The molecule has 0 amide bonds. The van der Waals surface area contributed by atoms with E-state index in [4.69, 9.17) is 5.73 Å². The SMILES string of the molecule is CCN(Cc1ccccc1C)Cc1ccc(CN)cc1C. The molecule has 2 N–H and O–H groups in total. The van der Waals surface area contributed by atoms with E-state index >= 15 is 0 Å². The van der Waals surface area contributed by atoms with Crippen LogP contribution in [0.3, 0.4) is 0 Å². The van der Waals surface area contributed by atoms with E-state index in [2.05, 4.69) is 68.1 Å². The van der Waals surface area contributed by atoms with Crippen LogP contribution >= 0.6 is 0 Å². The van der Waals surface area contributed by atoms with Crippen molar-refractivity contribution in [3.05, 3.63) is 70.3 Å². The van der Waals surface area contributed by atoms with E-state index in [1.54, 1.807) is 0 Å². The number of nitrogens with two attached hydrogens (primary N) is 1. The Bertz CT molecular complexity index is 590. The third-order valence-electron chi connectivity index (χ3n) is 4.14. The summed E-state index contributed by atoms with van der Waals surface area (Å²) >= 11 is 0. The van der Waals surface area contributed by atoms with E-state index in [1.165, 1.54) is 27.8 Å². The smallest absolute Gasteiger partial charge is 0.0239 e. The normalized spacial score (nSPS) is 11.1. The second-order valence-corrected chi connectivity index (χ2v) is 5.69. The molecule has 0 spiro atoms. The van der Waals surface area contributed by atoms with Crippen LogP contribution in [0.25, 0.3) is 0 Å². The predicted octanol–water partition coefficient (Wildman–Crippen LogP) is 3.78. The molecule has 2 rings (SSSR count). The molecule has 0 unspecified atom stereocenters. The molecular formula is C19H26N2. The second kappa shape index (κ2) is 7.39. The van der Waals surface area contributed by atoms with Gasteiger partial charge in [0.15, 0.2) is 0 Å². The number of nitrogens with zero attached hydrogens (tertiary/aromatic N) is 1. The highest BCUT2D eigenvalue weighted by Crippen LogP contribution is 2.16. The average molecular weight is 282 g/mol. The lowest BCUT2D eigenvalue weighted by atomic mass is 10.0. The van der Waals surface area contributed by atoms with Crippen molar-refractivity contribution in [3.8, 4) is 0 Å². The first kappa shape index (κ1) is 15.7. The fraction of sp³-hybridized carbons (Fsp3) is 0.368. The van der Waals surface area contributed by atoms with Gasteiger partial charge in [0.05, 0.1) is 0 Å². The van der Waals surface area contributed by atoms with E-state index in [-0.39, 0.29) is 0 Å². The minimum atomic E-state index is 0.613. The lowest BCUT2D eigenvalue weighted by Gasteiger charge is -2.23. The minimum absolute atomic E-state index is 0.613. The summed E-state index contributed by atoms with van der Waals surface area (Å²) < 4.78 is 0. The summed E-state index contributed by atoms with van der Waals surface area (Å²) in [6.45, 7) is 10.2. The molecule has 0 fully saturated rings. The number of hydrogen-bond donors (Lipinski definition) is 1. The zero-order valence-corrected chi connectivity index (χ0v) is 13.4. The van der Waals surface area contributed by atoms with Crippen LogP contribution < -0.4 is 5.73 Å². The third kappa shape index (κ3) is 4.16. The molecule has 2 heteroatoms. The summed E-state index contributed by atoms with van der Waals surface area (Å²) in [5.74, 6) is 0. The predicted molar refractivity (Wildman–Crippen MR) is 90.0 cm³/mol. The zero-order chi connectivity index (χ0) is 15.2. The lowest BCUT2D eigenvalue weighted by molar-refractivity contribution is 0.270. The molecule has 0 bridgehead atoms. The van der Waals surface area contributed by atoms with Crippen LogP contribution in [0.15, 0.2) is 42.5 Å². The van der Waals surface area contributed by atoms with E-state index in [9.17, 15) is 0 Å². The molecule has 0 saturated heterocycles. The molecule has 0 aliphatic rings. The highest BCUT2D eigenvalue weighted by molar-refractivity contribution is 5.31. The van der Waals surface area contributed by atoms with Crippen LogP contribution in [0.2, 0.25) is 0 Å². The molecule has 0 atom stereocenters. The first-order valence-electron chi connectivity index (χ1n) is 7.69. The molecule has 112 valence electrons. The highest BCUT2D eigenvalue weighted by atomic mass is 15.1. The largest absolute Gasteiger partial charge is 0.326 e. The number of rotatable bonds is 6. The number of hydrogen-bond acceptors (Lipinski definition) is 2. The van der Waals surface area contributed by atoms with E-state index in [0.29, 0.717) is 6.54 Å². The zero-order valence-electron chi connectivity index (χ0n) is 13.4. The van der Waals surface area contributed by atoms with Crippen LogP contribution in [-0.4, -0.2) is 11.4 Å². The summed E-state index contributed by atoms with van der Waals surface area (Å²) in [4.78, 5) is 2.48. The van der Waals surface area contributed by atoms with Crippen molar-refractivity contribution in [2.24, 2.45) is 5.73 Å². The molecule has 2 aromatic carbocycles. The van der Waals surface area contributed by atoms with Crippen molar-refractivity contribution in [3.63, 3.8) is 0 Å². The Morgan fingerprint density at radius 1 is 0.905 bits per heavy atom. The fourth-order valence-corrected chi connectivity index (χ4v) is 2.61. The quantitative estimate of drug-likeness (QED) is 0.873. The van der Waals surface area contributed by atoms with Gasteiger partial charge in [0.1, 0.15) is 0 Å². The molecule has 0 aliphatic heterocycles. The van der Waals surface area contributed by atoms with Crippen LogP contribution in [0.4, 0.5) is 0 Å². The van der Waals surface area contributed by atoms with Gasteiger partial charge in [0.2, 0.25) is 0 Å². The van der Waals surface area contributed by atoms with Crippen molar-refractivity contribution in [1.29, 1.82) is 0 Å². The number of benzene rings is 2. The molecule has 0 aromatic heterocycles. The lowest BCUT2D eigenvalue weighted by Crippen LogP contribution is -2.23. The Balaban J connectivity index is 2.11. The summed E-state index contributed by atoms with van der Waals surface area (Å²) in [5, 5.41) is 0. The Labute approximate surface area is 128 Å². The molecule has 2 aromatic rings. The Morgan fingerprint density at radius 2 is 1.57 bits per heavy atom. The summed E-state index contributed by atoms with van der Waals surface area (Å²) in [6, 6.07) is 15.2. The first-order chi connectivity index (χ1) is 10.1. The maximum atomic E-state index is 5.70.